The predicted molar refractivity (Wildman–Crippen MR) is 56.6 cm³/mol. The lowest BCUT2D eigenvalue weighted by molar-refractivity contribution is 0.0725. The number of amides is 1. The molecule has 0 aliphatic carbocycles. The molecule has 1 aliphatic rings. The molecule has 2 N–H and O–H groups in total. The molecule has 0 bridgehead atoms. The van der Waals surface area contributed by atoms with Gasteiger partial charge in [-0.25, -0.2) is 4.79 Å². The Bertz CT molecular complexity index is 199. The maximum absolute atomic E-state index is 11.5. The number of carbonyl (C=O) groups is 1. The molecule has 1 amide bonds. The van der Waals surface area contributed by atoms with Crippen LogP contribution in [0, 0.1) is 0 Å². The van der Waals surface area contributed by atoms with Gasteiger partial charge in [-0.3, -0.25) is 0 Å². The van der Waals surface area contributed by atoms with Gasteiger partial charge in [-0.1, -0.05) is 0 Å². The van der Waals surface area contributed by atoms with Gasteiger partial charge in [0.25, 0.3) is 0 Å². The van der Waals surface area contributed by atoms with Crippen molar-refractivity contribution in [2.24, 2.45) is 5.73 Å². The Morgan fingerprint density at radius 1 is 1.40 bits per heavy atom. The summed E-state index contributed by atoms with van der Waals surface area (Å²) in [5.74, 6) is 0. The molecule has 5 nitrogen and oxygen atoms in total. The summed E-state index contributed by atoms with van der Waals surface area (Å²) < 4.78 is 9.84. The lowest BCUT2D eigenvalue weighted by Gasteiger charge is -2.19. The van der Waals surface area contributed by atoms with Crippen LogP contribution in [0.5, 0.6) is 0 Å². The molecule has 5 heteroatoms. The van der Waals surface area contributed by atoms with Crippen molar-refractivity contribution in [3.8, 4) is 0 Å². The number of nitrogens with two attached hydrogens (primary N) is 1. The molecule has 0 aromatic rings. The molecule has 1 heterocycles. The van der Waals surface area contributed by atoms with Crippen LogP contribution in [0.3, 0.4) is 0 Å². The molecule has 1 aliphatic heterocycles. The summed E-state index contributed by atoms with van der Waals surface area (Å²) >= 11 is 0. The highest BCUT2D eigenvalue weighted by Gasteiger charge is 2.19. The maximum Gasteiger partial charge on any atom is 0.409 e. The minimum Gasteiger partial charge on any atom is -0.447 e. The van der Waals surface area contributed by atoms with E-state index in [2.05, 4.69) is 0 Å². The molecule has 0 spiro atoms. The van der Waals surface area contributed by atoms with Crippen LogP contribution in [-0.2, 0) is 9.47 Å². The fourth-order valence-electron chi connectivity index (χ4n) is 1.61. The summed E-state index contributed by atoms with van der Waals surface area (Å²) in [5.41, 5.74) is 5.82. The van der Waals surface area contributed by atoms with Crippen LogP contribution in [0.15, 0.2) is 0 Å². The second-order valence-electron chi connectivity index (χ2n) is 3.79. The molecule has 0 aromatic heterocycles. The van der Waals surface area contributed by atoms with Gasteiger partial charge in [0.15, 0.2) is 0 Å². The summed E-state index contributed by atoms with van der Waals surface area (Å²) in [4.78, 5) is 13.3. The largest absolute Gasteiger partial charge is 0.447 e. The van der Waals surface area contributed by atoms with E-state index in [0.717, 1.165) is 25.8 Å². The highest BCUT2D eigenvalue weighted by Crippen LogP contribution is 2.10. The summed E-state index contributed by atoms with van der Waals surface area (Å²) in [7, 11) is 1.58. The van der Waals surface area contributed by atoms with Crippen LogP contribution >= 0.6 is 0 Å². The third kappa shape index (κ3) is 4.48. The minimum absolute atomic E-state index is 0.224. The first kappa shape index (κ1) is 12.3. The minimum atomic E-state index is -0.249. The predicted octanol–water partition coefficient (Wildman–Crippen LogP) is 0.583. The Morgan fingerprint density at radius 3 is 2.93 bits per heavy atom. The summed E-state index contributed by atoms with van der Waals surface area (Å²) in [6.45, 7) is 2.21. The van der Waals surface area contributed by atoms with Gasteiger partial charge >= 0.3 is 6.09 Å². The fourth-order valence-corrected chi connectivity index (χ4v) is 1.61. The molecule has 1 unspecified atom stereocenters. The number of ether oxygens (including phenoxy) is 2. The Kier molecular flexibility index (Phi) is 5.42. The average molecular weight is 216 g/mol. The first-order chi connectivity index (χ1) is 7.24. The summed E-state index contributed by atoms with van der Waals surface area (Å²) in [6.07, 6.45) is 2.56. The van der Waals surface area contributed by atoms with Crippen LogP contribution in [-0.4, -0.2) is 50.4 Å². The molecule has 1 atom stereocenters. The van der Waals surface area contributed by atoms with Gasteiger partial charge in [0, 0.05) is 26.2 Å². The van der Waals surface area contributed by atoms with Gasteiger partial charge < -0.3 is 20.1 Å². The van der Waals surface area contributed by atoms with Gasteiger partial charge in [0.05, 0.1) is 6.61 Å². The molecule has 88 valence electrons. The van der Waals surface area contributed by atoms with Gasteiger partial charge in [-0.2, -0.15) is 0 Å². The van der Waals surface area contributed by atoms with E-state index < -0.39 is 0 Å². The van der Waals surface area contributed by atoms with Crippen LogP contribution in [0.1, 0.15) is 19.3 Å². The highest BCUT2D eigenvalue weighted by molar-refractivity contribution is 5.67. The zero-order valence-electron chi connectivity index (χ0n) is 9.28. The van der Waals surface area contributed by atoms with Crippen molar-refractivity contribution < 1.29 is 14.3 Å². The number of carbonyl (C=O) groups excluding carboxylic acids is 1. The Morgan fingerprint density at radius 2 is 2.20 bits per heavy atom. The van der Waals surface area contributed by atoms with Gasteiger partial charge in [0.2, 0.25) is 0 Å². The number of methoxy groups -OCH3 is 1. The van der Waals surface area contributed by atoms with E-state index in [1.54, 1.807) is 12.0 Å². The second-order valence-corrected chi connectivity index (χ2v) is 3.79. The van der Waals surface area contributed by atoms with Crippen LogP contribution in [0.4, 0.5) is 4.79 Å². The third-order valence-electron chi connectivity index (χ3n) is 2.54. The molecule has 0 aromatic carbocycles. The zero-order valence-corrected chi connectivity index (χ0v) is 9.28. The average Bonchev–Trinajstić information content (AvgIpc) is 2.43. The molecule has 0 saturated carbocycles. The van der Waals surface area contributed by atoms with E-state index in [4.69, 9.17) is 15.2 Å². The molecule has 1 saturated heterocycles. The van der Waals surface area contributed by atoms with Crippen molar-refractivity contribution in [3.63, 3.8) is 0 Å². The van der Waals surface area contributed by atoms with Crippen LogP contribution < -0.4 is 5.73 Å². The van der Waals surface area contributed by atoms with Crippen molar-refractivity contribution >= 4 is 6.09 Å². The zero-order chi connectivity index (χ0) is 11.1. The monoisotopic (exact) mass is 216 g/mol. The normalized spacial score (nSPS) is 22.3. The van der Waals surface area contributed by atoms with Crippen molar-refractivity contribution in [1.82, 2.24) is 4.90 Å². The lowest BCUT2D eigenvalue weighted by Crippen LogP contribution is -2.33. The molecule has 15 heavy (non-hydrogen) atoms. The smallest absolute Gasteiger partial charge is 0.409 e. The topological polar surface area (TPSA) is 64.8 Å². The number of nitrogens with zero attached hydrogens (tertiary/aromatic N) is 1. The molecular formula is C10H20N2O3. The molecule has 0 radical (unpaired) electrons. The van der Waals surface area contributed by atoms with E-state index in [1.165, 1.54) is 0 Å². The fraction of sp³-hybridized carbons (Fsp3) is 0.900. The number of hydrogen-bond acceptors (Lipinski definition) is 4. The van der Waals surface area contributed by atoms with E-state index >= 15 is 0 Å². The van der Waals surface area contributed by atoms with Crippen LogP contribution in [0.2, 0.25) is 0 Å². The first-order valence-corrected chi connectivity index (χ1v) is 5.40. The van der Waals surface area contributed by atoms with Crippen molar-refractivity contribution in [1.29, 1.82) is 0 Å². The number of rotatable bonds is 3. The SMILES string of the molecule is COCCOC(=O)N1CCCC(N)CC1. The highest BCUT2D eigenvalue weighted by atomic mass is 16.6. The first-order valence-electron chi connectivity index (χ1n) is 5.40. The van der Waals surface area contributed by atoms with Crippen molar-refractivity contribution in [2.75, 3.05) is 33.4 Å². The summed E-state index contributed by atoms with van der Waals surface area (Å²) in [5, 5.41) is 0. The lowest BCUT2D eigenvalue weighted by atomic mass is 10.1. The molecule has 1 rings (SSSR count). The third-order valence-corrected chi connectivity index (χ3v) is 2.54. The van der Waals surface area contributed by atoms with Gasteiger partial charge in [-0.15, -0.1) is 0 Å². The standard InChI is InChI=1S/C10H20N2O3/c1-14-7-8-15-10(13)12-5-2-3-9(11)4-6-12/h9H,2-8,11H2,1H3. The van der Waals surface area contributed by atoms with E-state index in [0.29, 0.717) is 19.8 Å². The number of likely N-dealkylation sites (tertiary alicyclic amines) is 1. The quantitative estimate of drug-likeness (QED) is 0.701. The van der Waals surface area contributed by atoms with Crippen LogP contribution in [0.25, 0.3) is 0 Å². The maximum atomic E-state index is 11.5. The van der Waals surface area contributed by atoms with Gasteiger partial charge in [0.1, 0.15) is 6.61 Å². The summed E-state index contributed by atoms with van der Waals surface area (Å²) in [6, 6.07) is 0.224. The second kappa shape index (κ2) is 6.63. The Balaban J connectivity index is 2.25. The van der Waals surface area contributed by atoms with Gasteiger partial charge in [-0.05, 0) is 19.3 Å². The number of hydrogen-bond donors (Lipinski definition) is 1. The van der Waals surface area contributed by atoms with E-state index in [9.17, 15) is 4.79 Å². The molecular weight excluding hydrogens is 196 g/mol. The van der Waals surface area contributed by atoms with Crippen molar-refractivity contribution in [3.05, 3.63) is 0 Å². The van der Waals surface area contributed by atoms with Crippen molar-refractivity contribution in [2.45, 2.75) is 25.3 Å². The molecule has 1 fully saturated rings. The van der Waals surface area contributed by atoms with E-state index in [-0.39, 0.29) is 12.1 Å². The van der Waals surface area contributed by atoms with E-state index in [1.807, 2.05) is 0 Å². The Hall–Kier alpha value is -0.810. The Labute approximate surface area is 90.5 Å².